The summed E-state index contributed by atoms with van der Waals surface area (Å²) in [4.78, 5) is 17.8. The number of alkyl halides is 3. The van der Waals surface area contributed by atoms with Crippen molar-refractivity contribution in [3.8, 4) is 0 Å². The highest BCUT2D eigenvalue weighted by Crippen LogP contribution is 2.10. The molecule has 0 bridgehead atoms. The highest BCUT2D eigenvalue weighted by atomic mass is 79.9. The molecule has 0 radical (unpaired) electrons. The van der Waals surface area contributed by atoms with Gasteiger partial charge in [-0.25, -0.2) is 20.1 Å². The van der Waals surface area contributed by atoms with Crippen LogP contribution < -0.4 is 10.6 Å². The first-order valence-corrected chi connectivity index (χ1v) is 4.29. The summed E-state index contributed by atoms with van der Waals surface area (Å²) in [6.07, 6.45) is -2.20. The average Bonchev–Trinajstić information content (AvgIpc) is 2.05. The van der Waals surface area contributed by atoms with Crippen LogP contribution in [0.5, 0.6) is 0 Å². The smallest absolute Gasteiger partial charge is 0.276 e. The highest BCUT2D eigenvalue weighted by molar-refractivity contribution is 9.10. The second kappa shape index (κ2) is 4.43. The third-order valence-electron chi connectivity index (χ3n) is 1.10. The fourth-order valence-electron chi connectivity index (χ4n) is 0.638. The van der Waals surface area contributed by atoms with E-state index in [2.05, 4.69) is 25.9 Å². The summed E-state index contributed by atoms with van der Waals surface area (Å²) in [5, 5.41) is 2.55. The van der Waals surface area contributed by atoms with Gasteiger partial charge in [0.1, 0.15) is 0 Å². The second-order valence-corrected chi connectivity index (χ2v) is 3.22. The molecule has 0 aliphatic heterocycles. The van der Waals surface area contributed by atoms with E-state index in [9.17, 15) is 18.0 Å². The summed E-state index contributed by atoms with van der Waals surface area (Å²) >= 11 is 3.03. The largest absolute Gasteiger partial charge is 0.485 e. The first-order chi connectivity index (χ1) is 6.87. The van der Waals surface area contributed by atoms with Gasteiger partial charge in [-0.3, -0.25) is 5.32 Å². The lowest BCUT2D eigenvalue weighted by Crippen LogP contribution is -2.40. The highest BCUT2D eigenvalue weighted by Gasteiger charge is 2.30. The molecular formula is C6H4BrF3N4O. The topological polar surface area (TPSA) is 66.9 Å². The van der Waals surface area contributed by atoms with Crippen molar-refractivity contribution in [1.82, 2.24) is 15.3 Å². The van der Waals surface area contributed by atoms with Crippen molar-refractivity contribution < 1.29 is 18.0 Å². The molecule has 0 aliphatic rings. The minimum absolute atomic E-state index is 0.222. The van der Waals surface area contributed by atoms with Gasteiger partial charge in [-0.15, -0.1) is 0 Å². The zero-order chi connectivity index (χ0) is 11.5. The van der Waals surface area contributed by atoms with E-state index < -0.39 is 12.3 Å². The molecule has 0 atom stereocenters. The number of hydrogen-bond donors (Lipinski definition) is 2. The molecule has 0 aromatic carbocycles. The molecule has 82 valence electrons. The lowest BCUT2D eigenvalue weighted by atomic mass is 10.7. The van der Waals surface area contributed by atoms with Crippen LogP contribution in [-0.4, -0.2) is 22.3 Å². The van der Waals surface area contributed by atoms with Crippen LogP contribution in [0.15, 0.2) is 16.9 Å². The van der Waals surface area contributed by atoms with Crippen molar-refractivity contribution in [3.63, 3.8) is 0 Å². The number of nitrogens with zero attached hydrogens (tertiary/aromatic N) is 2. The molecule has 0 fully saturated rings. The van der Waals surface area contributed by atoms with E-state index >= 15 is 0 Å². The van der Waals surface area contributed by atoms with Gasteiger partial charge in [0.2, 0.25) is 5.95 Å². The first kappa shape index (κ1) is 11.7. The average molecular weight is 285 g/mol. The molecule has 5 nitrogen and oxygen atoms in total. The number of hydrogen-bond acceptors (Lipinski definition) is 3. The Morgan fingerprint density at radius 1 is 1.33 bits per heavy atom. The van der Waals surface area contributed by atoms with Crippen LogP contribution in [-0.2, 0) is 0 Å². The van der Waals surface area contributed by atoms with Gasteiger partial charge in [0.15, 0.2) is 0 Å². The van der Waals surface area contributed by atoms with E-state index in [1.807, 2.05) is 5.32 Å². The third-order valence-corrected chi connectivity index (χ3v) is 1.51. The standard InChI is InChI=1S/C6H4BrF3N4O/c7-3-1-11-4(12-2-3)13-5(15)14-6(8,9)10/h1-2H,(H2,11,12,13,14,15). The molecule has 1 aromatic rings. The van der Waals surface area contributed by atoms with E-state index in [1.165, 1.54) is 12.4 Å². The van der Waals surface area contributed by atoms with Crippen LogP contribution in [0.4, 0.5) is 23.9 Å². The number of urea groups is 1. The van der Waals surface area contributed by atoms with Crippen molar-refractivity contribution in [1.29, 1.82) is 0 Å². The van der Waals surface area contributed by atoms with Crippen molar-refractivity contribution >= 4 is 27.9 Å². The Kier molecular flexibility index (Phi) is 3.45. The minimum Gasteiger partial charge on any atom is -0.276 e. The lowest BCUT2D eigenvalue weighted by molar-refractivity contribution is -0.144. The van der Waals surface area contributed by atoms with E-state index in [-0.39, 0.29) is 5.95 Å². The molecule has 15 heavy (non-hydrogen) atoms. The third kappa shape index (κ3) is 4.58. The van der Waals surface area contributed by atoms with E-state index in [0.717, 1.165) is 5.32 Å². The van der Waals surface area contributed by atoms with Gasteiger partial charge >= 0.3 is 12.3 Å². The molecule has 0 spiro atoms. The first-order valence-electron chi connectivity index (χ1n) is 3.50. The van der Waals surface area contributed by atoms with Gasteiger partial charge in [-0.1, -0.05) is 0 Å². The van der Waals surface area contributed by atoms with Crippen molar-refractivity contribution in [3.05, 3.63) is 16.9 Å². The van der Waals surface area contributed by atoms with Crippen LogP contribution in [0.1, 0.15) is 0 Å². The number of aromatic nitrogens is 2. The summed E-state index contributed by atoms with van der Waals surface area (Å²) in [6, 6.07) is -1.44. The van der Waals surface area contributed by atoms with Crippen LogP contribution in [0, 0.1) is 0 Å². The van der Waals surface area contributed by atoms with Crippen LogP contribution in [0.25, 0.3) is 0 Å². The van der Waals surface area contributed by atoms with Gasteiger partial charge < -0.3 is 0 Å². The fourth-order valence-corrected chi connectivity index (χ4v) is 0.843. The maximum Gasteiger partial charge on any atom is 0.485 e. The Bertz CT molecular complexity index is 352. The lowest BCUT2D eigenvalue weighted by Gasteiger charge is -2.08. The minimum atomic E-state index is -4.78. The number of rotatable bonds is 1. The summed E-state index contributed by atoms with van der Waals surface area (Å²) in [6.45, 7) is 0. The monoisotopic (exact) mass is 284 g/mol. The molecule has 0 saturated carbocycles. The molecule has 0 unspecified atom stereocenters. The molecule has 1 aromatic heterocycles. The normalized spacial score (nSPS) is 10.9. The van der Waals surface area contributed by atoms with Gasteiger partial charge in [-0.05, 0) is 15.9 Å². The molecule has 0 saturated heterocycles. The van der Waals surface area contributed by atoms with Crippen LogP contribution in [0.3, 0.4) is 0 Å². The molecule has 2 N–H and O–H groups in total. The predicted molar refractivity (Wildman–Crippen MR) is 47.9 cm³/mol. The zero-order valence-corrected chi connectivity index (χ0v) is 8.56. The van der Waals surface area contributed by atoms with Gasteiger partial charge in [0.25, 0.3) is 0 Å². The summed E-state index contributed by atoms with van der Waals surface area (Å²) in [7, 11) is 0. The van der Waals surface area contributed by atoms with Crippen LogP contribution in [0.2, 0.25) is 0 Å². The van der Waals surface area contributed by atoms with Crippen LogP contribution >= 0.6 is 15.9 Å². The van der Waals surface area contributed by atoms with E-state index in [0.29, 0.717) is 4.47 Å². The van der Waals surface area contributed by atoms with Gasteiger partial charge in [-0.2, -0.15) is 13.2 Å². The summed E-state index contributed by atoms with van der Waals surface area (Å²) in [5.74, 6) is -0.222. The van der Waals surface area contributed by atoms with Crippen molar-refractivity contribution in [2.75, 3.05) is 5.32 Å². The number of nitrogens with one attached hydrogen (secondary N) is 2. The Morgan fingerprint density at radius 3 is 2.33 bits per heavy atom. The number of halogens is 4. The molecule has 9 heteroatoms. The number of amides is 2. The molecule has 2 amide bonds. The Morgan fingerprint density at radius 2 is 1.87 bits per heavy atom. The Labute approximate surface area is 90.2 Å². The second-order valence-electron chi connectivity index (χ2n) is 2.30. The van der Waals surface area contributed by atoms with Crippen molar-refractivity contribution in [2.24, 2.45) is 0 Å². The number of carbonyl (C=O) groups is 1. The molecule has 1 heterocycles. The Hall–Kier alpha value is -1.38. The molecular weight excluding hydrogens is 281 g/mol. The predicted octanol–water partition coefficient (Wildman–Crippen LogP) is 1.88. The van der Waals surface area contributed by atoms with Gasteiger partial charge in [0.05, 0.1) is 4.47 Å². The van der Waals surface area contributed by atoms with Crippen molar-refractivity contribution in [2.45, 2.75) is 6.30 Å². The quantitative estimate of drug-likeness (QED) is 0.774. The summed E-state index contributed by atoms with van der Waals surface area (Å²) < 4.78 is 35.5. The van der Waals surface area contributed by atoms with Gasteiger partial charge in [0, 0.05) is 12.4 Å². The Balaban J connectivity index is 2.55. The number of carbonyl (C=O) groups excluding carboxylic acids is 1. The maximum absolute atomic E-state index is 11.7. The van der Waals surface area contributed by atoms with E-state index in [4.69, 9.17) is 0 Å². The fraction of sp³-hybridized carbons (Fsp3) is 0.167. The SMILES string of the molecule is O=C(Nc1ncc(Br)cn1)NC(F)(F)F. The molecule has 1 rings (SSSR count). The van der Waals surface area contributed by atoms with E-state index in [1.54, 1.807) is 0 Å². The maximum atomic E-state index is 11.7. The molecule has 0 aliphatic carbocycles. The zero-order valence-electron chi connectivity index (χ0n) is 6.97. The number of anilines is 1. The summed E-state index contributed by atoms with van der Waals surface area (Å²) in [5.41, 5.74) is 0.